The number of ether oxygens (including phenoxy) is 2. The van der Waals surface area contributed by atoms with Crippen LogP contribution in [0.2, 0.25) is 0 Å². The Bertz CT molecular complexity index is 975. The van der Waals surface area contributed by atoms with E-state index in [1.165, 1.54) is 0 Å². The molecule has 0 spiro atoms. The summed E-state index contributed by atoms with van der Waals surface area (Å²) in [5.41, 5.74) is 3.26. The Morgan fingerprint density at radius 2 is 2.21 bits per heavy atom. The second kappa shape index (κ2) is 7.96. The summed E-state index contributed by atoms with van der Waals surface area (Å²) in [7, 11) is 3.31. The zero-order chi connectivity index (χ0) is 19.5. The molecule has 0 aliphatic carbocycles. The Morgan fingerprint density at radius 1 is 1.32 bits per heavy atom. The number of nitrogens with zero attached hydrogens (tertiary/aromatic N) is 2. The number of benzene rings is 1. The molecule has 4 rings (SSSR count). The van der Waals surface area contributed by atoms with Crippen molar-refractivity contribution in [3.63, 3.8) is 0 Å². The van der Waals surface area contributed by atoms with E-state index in [9.17, 15) is 4.79 Å². The molecule has 0 radical (unpaired) electrons. The van der Waals surface area contributed by atoms with E-state index in [0.717, 1.165) is 66.0 Å². The molecule has 1 unspecified atom stereocenters. The number of carbonyl (C=O) groups is 1. The minimum Gasteiger partial charge on any atom is -0.497 e. The van der Waals surface area contributed by atoms with Gasteiger partial charge in [0.25, 0.3) is 0 Å². The molecule has 1 atom stereocenters. The lowest BCUT2D eigenvalue weighted by Gasteiger charge is -2.22. The first-order chi connectivity index (χ1) is 13.7. The lowest BCUT2D eigenvalue weighted by atomic mass is 9.95. The van der Waals surface area contributed by atoms with Gasteiger partial charge in [-0.25, -0.2) is 4.98 Å². The molecule has 0 bridgehead atoms. The van der Waals surface area contributed by atoms with E-state index < -0.39 is 0 Å². The van der Waals surface area contributed by atoms with Crippen molar-refractivity contribution in [2.24, 2.45) is 5.92 Å². The van der Waals surface area contributed by atoms with Gasteiger partial charge in [-0.15, -0.1) is 0 Å². The smallest absolute Gasteiger partial charge is 0.223 e. The van der Waals surface area contributed by atoms with Crippen molar-refractivity contribution in [2.75, 3.05) is 20.8 Å². The number of aromatic nitrogens is 3. The Labute approximate surface area is 164 Å². The molecule has 0 fully saturated rings. The molecule has 7 nitrogen and oxygen atoms in total. The Kier molecular flexibility index (Phi) is 5.23. The third-order valence-electron chi connectivity index (χ3n) is 5.45. The molecule has 1 amide bonds. The fraction of sp³-hybridized carbons (Fsp3) is 0.429. The molecular weight excluding hydrogens is 356 g/mol. The van der Waals surface area contributed by atoms with Gasteiger partial charge < -0.3 is 24.3 Å². The molecule has 2 aromatic heterocycles. The third kappa shape index (κ3) is 3.69. The Hall–Kier alpha value is -2.96. The molecule has 1 aliphatic heterocycles. The first-order valence-corrected chi connectivity index (χ1v) is 9.68. The van der Waals surface area contributed by atoms with Crippen LogP contribution in [0, 0.1) is 5.92 Å². The molecule has 148 valence electrons. The van der Waals surface area contributed by atoms with Crippen LogP contribution in [0.3, 0.4) is 0 Å². The summed E-state index contributed by atoms with van der Waals surface area (Å²) in [6.07, 6.45) is 7.09. The molecule has 1 aromatic carbocycles. The first kappa shape index (κ1) is 18.4. The second-order valence-corrected chi connectivity index (χ2v) is 7.25. The van der Waals surface area contributed by atoms with Crippen LogP contribution in [0.5, 0.6) is 11.5 Å². The highest BCUT2D eigenvalue weighted by Crippen LogP contribution is 2.31. The normalized spacial score (nSPS) is 16.0. The van der Waals surface area contributed by atoms with Crippen molar-refractivity contribution in [3.8, 4) is 11.5 Å². The van der Waals surface area contributed by atoms with Crippen LogP contribution in [-0.4, -0.2) is 41.2 Å². The van der Waals surface area contributed by atoms with E-state index in [1.54, 1.807) is 14.2 Å². The molecule has 7 heteroatoms. The summed E-state index contributed by atoms with van der Waals surface area (Å²) in [6, 6.07) is 5.96. The number of nitrogens with one attached hydrogen (secondary N) is 2. The number of hydrogen-bond acceptors (Lipinski definition) is 4. The average Bonchev–Trinajstić information content (AvgIpc) is 3.35. The SMILES string of the molecule is COc1cc(OC)c2cc(CCCNC(=O)C3CCn4cncc4C3)[nH]c2c1. The second-order valence-electron chi connectivity index (χ2n) is 7.25. The van der Waals surface area contributed by atoms with E-state index in [1.807, 2.05) is 24.7 Å². The van der Waals surface area contributed by atoms with Crippen LogP contribution in [0.1, 0.15) is 24.2 Å². The minimum atomic E-state index is 0.0500. The number of methoxy groups -OCH3 is 2. The molecular formula is C21H26N4O3. The number of aryl methyl sites for hydroxylation is 2. The van der Waals surface area contributed by atoms with Crippen LogP contribution in [-0.2, 0) is 24.2 Å². The molecule has 0 saturated heterocycles. The third-order valence-corrected chi connectivity index (χ3v) is 5.45. The van der Waals surface area contributed by atoms with Crippen LogP contribution < -0.4 is 14.8 Å². The molecule has 0 saturated carbocycles. The van der Waals surface area contributed by atoms with Crippen molar-refractivity contribution < 1.29 is 14.3 Å². The van der Waals surface area contributed by atoms with Gasteiger partial charge in [0.05, 0.1) is 26.1 Å². The molecule has 2 N–H and O–H groups in total. The highest BCUT2D eigenvalue weighted by atomic mass is 16.5. The van der Waals surface area contributed by atoms with Gasteiger partial charge in [-0.1, -0.05) is 0 Å². The summed E-state index contributed by atoms with van der Waals surface area (Å²) >= 11 is 0. The number of H-pyrrole nitrogens is 1. The van der Waals surface area contributed by atoms with Crippen molar-refractivity contribution in [3.05, 3.63) is 42.1 Å². The van der Waals surface area contributed by atoms with Gasteiger partial charge in [0.2, 0.25) is 5.91 Å². The van der Waals surface area contributed by atoms with Crippen LogP contribution in [0.15, 0.2) is 30.7 Å². The van der Waals surface area contributed by atoms with Crippen LogP contribution in [0.25, 0.3) is 10.9 Å². The van der Waals surface area contributed by atoms with Crippen molar-refractivity contribution in [1.82, 2.24) is 19.9 Å². The Morgan fingerprint density at radius 3 is 3.04 bits per heavy atom. The van der Waals surface area contributed by atoms with Gasteiger partial charge in [-0.3, -0.25) is 4.79 Å². The van der Waals surface area contributed by atoms with Crippen molar-refractivity contribution in [1.29, 1.82) is 0 Å². The summed E-state index contributed by atoms with van der Waals surface area (Å²) in [5, 5.41) is 4.14. The maximum absolute atomic E-state index is 12.5. The number of aromatic amines is 1. The largest absolute Gasteiger partial charge is 0.497 e. The van der Waals surface area contributed by atoms with E-state index in [0.29, 0.717) is 6.54 Å². The molecule has 3 heterocycles. The maximum Gasteiger partial charge on any atom is 0.223 e. The van der Waals surface area contributed by atoms with Crippen molar-refractivity contribution in [2.45, 2.75) is 32.2 Å². The fourth-order valence-corrected chi connectivity index (χ4v) is 3.89. The average molecular weight is 382 g/mol. The van der Waals surface area contributed by atoms with Gasteiger partial charge >= 0.3 is 0 Å². The lowest BCUT2D eigenvalue weighted by Crippen LogP contribution is -2.35. The predicted octanol–water partition coefficient (Wildman–Crippen LogP) is 2.69. The number of rotatable bonds is 7. The van der Waals surface area contributed by atoms with Crippen LogP contribution >= 0.6 is 0 Å². The summed E-state index contributed by atoms with van der Waals surface area (Å²) in [4.78, 5) is 20.0. The molecule has 1 aliphatic rings. The predicted molar refractivity (Wildman–Crippen MR) is 107 cm³/mol. The quantitative estimate of drug-likeness (QED) is 0.616. The van der Waals surface area contributed by atoms with Crippen LogP contribution in [0.4, 0.5) is 0 Å². The zero-order valence-electron chi connectivity index (χ0n) is 16.3. The lowest BCUT2D eigenvalue weighted by molar-refractivity contribution is -0.125. The van der Waals surface area contributed by atoms with E-state index >= 15 is 0 Å². The molecule has 28 heavy (non-hydrogen) atoms. The number of carbonyl (C=O) groups excluding carboxylic acids is 1. The zero-order valence-corrected chi connectivity index (χ0v) is 16.3. The van der Waals surface area contributed by atoms with E-state index in [4.69, 9.17) is 9.47 Å². The maximum atomic E-state index is 12.5. The number of hydrogen-bond donors (Lipinski definition) is 2. The van der Waals surface area contributed by atoms with E-state index in [2.05, 4.69) is 25.9 Å². The molecule has 3 aromatic rings. The van der Waals surface area contributed by atoms with Gasteiger partial charge in [0.1, 0.15) is 11.5 Å². The van der Waals surface area contributed by atoms with Gasteiger partial charge in [0, 0.05) is 60.5 Å². The standard InChI is InChI=1S/C21H26N4O3/c1-27-17-10-19-18(20(11-17)28-2)9-15(24-19)4-3-6-23-21(26)14-5-7-25-13-22-12-16(25)8-14/h9-14,24H,3-8H2,1-2H3,(H,23,26). The van der Waals surface area contributed by atoms with Crippen molar-refractivity contribution >= 4 is 16.8 Å². The number of imidazole rings is 1. The first-order valence-electron chi connectivity index (χ1n) is 9.68. The van der Waals surface area contributed by atoms with E-state index in [-0.39, 0.29) is 11.8 Å². The monoisotopic (exact) mass is 382 g/mol. The number of amides is 1. The van der Waals surface area contributed by atoms with Gasteiger partial charge in [-0.05, 0) is 25.3 Å². The summed E-state index contributed by atoms with van der Waals surface area (Å²) in [5.74, 6) is 1.75. The van der Waals surface area contributed by atoms with Gasteiger partial charge in [-0.2, -0.15) is 0 Å². The highest BCUT2D eigenvalue weighted by molar-refractivity contribution is 5.88. The fourth-order valence-electron chi connectivity index (χ4n) is 3.89. The van der Waals surface area contributed by atoms with Gasteiger partial charge in [0.15, 0.2) is 0 Å². The summed E-state index contributed by atoms with van der Waals surface area (Å²) < 4.78 is 12.9. The summed E-state index contributed by atoms with van der Waals surface area (Å²) in [6.45, 7) is 1.54. The number of fused-ring (bicyclic) bond motifs is 2. The highest BCUT2D eigenvalue weighted by Gasteiger charge is 2.24. The topological polar surface area (TPSA) is 81.2 Å². The Balaban J connectivity index is 1.30. The minimum absolute atomic E-state index is 0.0500.